The van der Waals surface area contributed by atoms with E-state index in [0.717, 1.165) is 12.8 Å². The second kappa shape index (κ2) is 2.61. The van der Waals surface area contributed by atoms with E-state index in [4.69, 9.17) is 0 Å². The molecule has 0 radical (unpaired) electrons. The number of aliphatic hydroxyl groups excluding tert-OH is 1. The van der Waals surface area contributed by atoms with Crippen molar-refractivity contribution >= 4 is 5.78 Å². The Morgan fingerprint density at radius 1 is 1.25 bits per heavy atom. The summed E-state index contributed by atoms with van der Waals surface area (Å²) in [7, 11) is 0. The van der Waals surface area contributed by atoms with E-state index in [1.807, 2.05) is 0 Å². The number of allylic oxidation sites excluding steroid dienone is 2. The summed E-state index contributed by atoms with van der Waals surface area (Å²) in [5, 5.41) is 9.23. The van der Waals surface area contributed by atoms with Crippen LogP contribution in [-0.4, -0.2) is 10.9 Å². The molecule has 2 nitrogen and oxygen atoms in total. The Morgan fingerprint density at radius 2 is 1.92 bits per heavy atom. The van der Waals surface area contributed by atoms with E-state index >= 15 is 0 Å². The molecule has 1 spiro atoms. The molecule has 0 aromatic heterocycles. The highest BCUT2D eigenvalue weighted by atomic mass is 16.3. The van der Waals surface area contributed by atoms with Gasteiger partial charge in [-0.1, -0.05) is 19.3 Å². The summed E-state index contributed by atoms with van der Waals surface area (Å²) in [4.78, 5) is 11.1. The van der Waals surface area contributed by atoms with Crippen LogP contribution in [0.4, 0.5) is 0 Å². The van der Waals surface area contributed by atoms with Crippen LogP contribution in [0.5, 0.6) is 0 Å². The Hall–Kier alpha value is -0.790. The van der Waals surface area contributed by atoms with Gasteiger partial charge in [0.15, 0.2) is 11.5 Å². The van der Waals surface area contributed by atoms with Crippen molar-refractivity contribution in [3.05, 3.63) is 11.8 Å². The first-order valence-corrected chi connectivity index (χ1v) is 4.67. The van der Waals surface area contributed by atoms with Crippen LogP contribution in [-0.2, 0) is 4.79 Å². The van der Waals surface area contributed by atoms with Crippen LogP contribution >= 0.6 is 0 Å². The van der Waals surface area contributed by atoms with Crippen molar-refractivity contribution in [3.8, 4) is 0 Å². The average molecular weight is 166 g/mol. The second-order valence-corrected chi connectivity index (χ2v) is 4.05. The van der Waals surface area contributed by atoms with E-state index in [-0.39, 0.29) is 17.0 Å². The first-order valence-electron chi connectivity index (χ1n) is 4.67. The zero-order valence-electron chi connectivity index (χ0n) is 7.18. The minimum absolute atomic E-state index is 0.0110. The van der Waals surface area contributed by atoms with Crippen molar-refractivity contribution < 1.29 is 9.90 Å². The largest absolute Gasteiger partial charge is 0.505 e. The van der Waals surface area contributed by atoms with Crippen molar-refractivity contribution in [3.63, 3.8) is 0 Å². The highest BCUT2D eigenvalue weighted by Gasteiger charge is 2.38. The molecule has 1 saturated carbocycles. The second-order valence-electron chi connectivity index (χ2n) is 4.05. The normalized spacial score (nSPS) is 27.7. The summed E-state index contributed by atoms with van der Waals surface area (Å²) in [6, 6.07) is 0. The summed E-state index contributed by atoms with van der Waals surface area (Å²) in [6.45, 7) is 0. The van der Waals surface area contributed by atoms with Gasteiger partial charge < -0.3 is 5.11 Å². The molecule has 0 bridgehead atoms. The zero-order chi connectivity index (χ0) is 8.60. The van der Waals surface area contributed by atoms with Crippen LogP contribution in [0.2, 0.25) is 0 Å². The first-order chi connectivity index (χ1) is 5.72. The molecule has 1 N–H and O–H groups in total. The van der Waals surface area contributed by atoms with Crippen LogP contribution in [0.3, 0.4) is 0 Å². The summed E-state index contributed by atoms with van der Waals surface area (Å²) in [5.74, 6) is -0.0474. The molecule has 0 unspecified atom stereocenters. The molecule has 0 amide bonds. The maximum atomic E-state index is 11.1. The van der Waals surface area contributed by atoms with Crippen LogP contribution in [0, 0.1) is 5.41 Å². The Bertz CT molecular complexity index is 234. The predicted molar refractivity (Wildman–Crippen MR) is 45.9 cm³/mol. The number of carbonyl (C=O) groups excluding carboxylic acids is 1. The standard InChI is InChI=1S/C10H14O2/c11-8-6-10(7-9(8)12)4-2-1-3-5-10/h6,11H,1-5,7H2. The summed E-state index contributed by atoms with van der Waals surface area (Å²) in [5.41, 5.74) is 0.0550. The topological polar surface area (TPSA) is 37.3 Å². The third-order valence-electron chi connectivity index (χ3n) is 3.09. The highest BCUT2D eigenvalue weighted by molar-refractivity contribution is 5.96. The molecular formula is C10H14O2. The van der Waals surface area contributed by atoms with Gasteiger partial charge in [-0.05, 0) is 24.3 Å². The van der Waals surface area contributed by atoms with Gasteiger partial charge in [0.2, 0.25) is 0 Å². The van der Waals surface area contributed by atoms with Crippen LogP contribution < -0.4 is 0 Å². The van der Waals surface area contributed by atoms with Crippen LogP contribution in [0.15, 0.2) is 11.8 Å². The van der Waals surface area contributed by atoms with Gasteiger partial charge in [-0.25, -0.2) is 0 Å². The van der Waals surface area contributed by atoms with Crippen molar-refractivity contribution in [1.29, 1.82) is 0 Å². The molecule has 0 heterocycles. The lowest BCUT2D eigenvalue weighted by atomic mass is 9.74. The fourth-order valence-electron chi connectivity index (χ4n) is 2.41. The van der Waals surface area contributed by atoms with Crippen molar-refractivity contribution in [2.75, 3.05) is 0 Å². The lowest BCUT2D eigenvalue weighted by Crippen LogP contribution is -2.20. The Kier molecular flexibility index (Phi) is 1.71. The summed E-state index contributed by atoms with van der Waals surface area (Å²) >= 11 is 0. The number of aliphatic hydroxyl groups is 1. The highest BCUT2D eigenvalue weighted by Crippen LogP contribution is 2.45. The Balaban J connectivity index is 2.18. The number of Topliss-reactive ketones (excluding diaryl/α,β-unsaturated/α-hetero) is 1. The van der Waals surface area contributed by atoms with Gasteiger partial charge in [0.1, 0.15) is 0 Å². The fraction of sp³-hybridized carbons (Fsp3) is 0.700. The molecule has 0 atom stereocenters. The van der Waals surface area contributed by atoms with Gasteiger partial charge in [-0.2, -0.15) is 0 Å². The summed E-state index contributed by atoms with van der Waals surface area (Å²) < 4.78 is 0. The van der Waals surface area contributed by atoms with Crippen molar-refractivity contribution in [2.45, 2.75) is 38.5 Å². The van der Waals surface area contributed by atoms with Gasteiger partial charge in [0.05, 0.1) is 0 Å². The summed E-state index contributed by atoms with van der Waals surface area (Å²) in [6.07, 6.45) is 8.22. The van der Waals surface area contributed by atoms with E-state index in [2.05, 4.69) is 0 Å². The molecule has 0 saturated heterocycles. The number of hydrogen-bond acceptors (Lipinski definition) is 2. The molecule has 66 valence electrons. The van der Waals surface area contributed by atoms with Gasteiger partial charge in [0.25, 0.3) is 0 Å². The van der Waals surface area contributed by atoms with Crippen molar-refractivity contribution in [1.82, 2.24) is 0 Å². The van der Waals surface area contributed by atoms with Gasteiger partial charge in [-0.15, -0.1) is 0 Å². The molecule has 1 fully saturated rings. The number of ketones is 1. The molecule has 0 aromatic rings. The van der Waals surface area contributed by atoms with Crippen molar-refractivity contribution in [2.24, 2.45) is 5.41 Å². The fourth-order valence-corrected chi connectivity index (χ4v) is 2.41. The molecule has 0 aliphatic heterocycles. The maximum absolute atomic E-state index is 11.1. The lowest BCUT2D eigenvalue weighted by Gasteiger charge is -2.30. The first kappa shape index (κ1) is 7.84. The van der Waals surface area contributed by atoms with Crippen LogP contribution in [0.1, 0.15) is 38.5 Å². The van der Waals surface area contributed by atoms with E-state index in [1.54, 1.807) is 6.08 Å². The molecular weight excluding hydrogens is 152 g/mol. The SMILES string of the molecule is O=C1CC2(C=C1O)CCCCC2. The molecule has 2 heteroatoms. The third-order valence-corrected chi connectivity index (χ3v) is 3.09. The zero-order valence-corrected chi connectivity index (χ0v) is 7.18. The Morgan fingerprint density at radius 3 is 2.42 bits per heavy atom. The van der Waals surface area contributed by atoms with E-state index in [9.17, 15) is 9.90 Å². The van der Waals surface area contributed by atoms with E-state index in [1.165, 1.54) is 19.3 Å². The molecule has 12 heavy (non-hydrogen) atoms. The smallest absolute Gasteiger partial charge is 0.197 e. The quantitative estimate of drug-likeness (QED) is 0.599. The molecule has 2 aliphatic carbocycles. The predicted octanol–water partition coefficient (Wildman–Crippen LogP) is 2.35. The monoisotopic (exact) mass is 166 g/mol. The molecule has 2 aliphatic rings. The van der Waals surface area contributed by atoms with E-state index in [0.29, 0.717) is 6.42 Å². The number of rotatable bonds is 0. The minimum atomic E-state index is -0.0584. The van der Waals surface area contributed by atoms with E-state index < -0.39 is 0 Å². The van der Waals surface area contributed by atoms with Gasteiger partial charge >= 0.3 is 0 Å². The van der Waals surface area contributed by atoms with Gasteiger partial charge in [-0.3, -0.25) is 4.79 Å². The Labute approximate surface area is 72.3 Å². The average Bonchev–Trinajstić information content (AvgIpc) is 2.29. The number of carbonyl (C=O) groups is 1. The number of hydrogen-bond donors (Lipinski definition) is 1. The minimum Gasteiger partial charge on any atom is -0.505 e. The lowest BCUT2D eigenvalue weighted by molar-refractivity contribution is -0.118. The third kappa shape index (κ3) is 1.15. The molecule has 0 aromatic carbocycles. The van der Waals surface area contributed by atoms with Crippen LogP contribution in [0.25, 0.3) is 0 Å². The van der Waals surface area contributed by atoms with Gasteiger partial charge in [0, 0.05) is 6.42 Å². The maximum Gasteiger partial charge on any atom is 0.197 e. The molecule has 2 rings (SSSR count).